The number of methoxy groups -OCH3 is 1. The second-order valence-corrected chi connectivity index (χ2v) is 8.91. The van der Waals surface area contributed by atoms with Gasteiger partial charge in [0.05, 0.1) is 12.0 Å². The van der Waals surface area contributed by atoms with Crippen molar-refractivity contribution in [2.45, 2.75) is 26.4 Å². The standard InChI is InChI=1S/C24H21ClN2O4S/c1-14-19(12-21-22(28)27(24(30)32-21)15(2)23(29)31-3)18-6-4-5-7-20(18)26(14)13-16-8-10-17(25)11-9-16/h4-12,15H,13H2,1-3H3/b21-12+/t15-/m1/s1. The molecule has 1 saturated heterocycles. The molecule has 0 spiro atoms. The van der Waals surface area contributed by atoms with Crippen molar-refractivity contribution in [1.82, 2.24) is 9.47 Å². The number of imide groups is 1. The van der Waals surface area contributed by atoms with E-state index in [1.54, 1.807) is 6.08 Å². The summed E-state index contributed by atoms with van der Waals surface area (Å²) < 4.78 is 6.87. The molecule has 0 N–H and O–H groups in total. The highest BCUT2D eigenvalue weighted by atomic mass is 35.5. The molecule has 2 aromatic carbocycles. The van der Waals surface area contributed by atoms with Gasteiger partial charge in [0.1, 0.15) is 6.04 Å². The fourth-order valence-corrected chi connectivity index (χ4v) is 4.85. The van der Waals surface area contributed by atoms with Crippen LogP contribution in [0.2, 0.25) is 5.02 Å². The predicted octanol–water partition coefficient (Wildman–Crippen LogP) is 5.25. The molecule has 2 amide bonds. The number of para-hydroxylation sites is 1. The van der Waals surface area contributed by atoms with Gasteiger partial charge in [0.15, 0.2) is 0 Å². The molecule has 0 radical (unpaired) electrons. The number of thioether (sulfide) groups is 1. The van der Waals surface area contributed by atoms with E-state index in [-0.39, 0.29) is 4.91 Å². The lowest BCUT2D eigenvalue weighted by Crippen LogP contribution is -2.42. The number of rotatable bonds is 5. The van der Waals surface area contributed by atoms with Crippen LogP contribution in [0.25, 0.3) is 17.0 Å². The van der Waals surface area contributed by atoms with Crippen molar-refractivity contribution in [2.75, 3.05) is 7.11 Å². The van der Waals surface area contributed by atoms with Crippen molar-refractivity contribution in [3.05, 3.63) is 75.3 Å². The summed E-state index contributed by atoms with van der Waals surface area (Å²) in [7, 11) is 1.23. The zero-order chi connectivity index (χ0) is 23.0. The largest absolute Gasteiger partial charge is 0.467 e. The Morgan fingerprint density at radius 2 is 1.84 bits per heavy atom. The van der Waals surface area contributed by atoms with Crippen LogP contribution in [0.4, 0.5) is 4.79 Å². The molecular formula is C24H21ClN2O4S. The average molecular weight is 469 g/mol. The van der Waals surface area contributed by atoms with E-state index in [2.05, 4.69) is 4.57 Å². The first-order valence-electron chi connectivity index (χ1n) is 9.99. The summed E-state index contributed by atoms with van der Waals surface area (Å²) >= 11 is 6.85. The van der Waals surface area contributed by atoms with Crippen LogP contribution in [0.15, 0.2) is 53.4 Å². The molecule has 1 aliphatic heterocycles. The van der Waals surface area contributed by atoms with Crippen LogP contribution >= 0.6 is 23.4 Å². The molecule has 2 heterocycles. The Hall–Kier alpha value is -3.03. The quantitative estimate of drug-likeness (QED) is 0.378. The number of fused-ring (bicyclic) bond motifs is 1. The number of amides is 2. The fraction of sp³-hybridized carbons (Fsp3) is 0.208. The van der Waals surface area contributed by atoms with Crippen LogP contribution in [0.3, 0.4) is 0 Å². The van der Waals surface area contributed by atoms with Crippen molar-refractivity contribution in [3.63, 3.8) is 0 Å². The number of halogens is 1. The van der Waals surface area contributed by atoms with Gasteiger partial charge in [0.2, 0.25) is 0 Å². The van der Waals surface area contributed by atoms with E-state index in [1.165, 1.54) is 14.0 Å². The lowest BCUT2D eigenvalue weighted by atomic mass is 10.1. The Balaban J connectivity index is 1.75. The molecule has 6 nitrogen and oxygen atoms in total. The molecule has 8 heteroatoms. The van der Waals surface area contributed by atoms with Gasteiger partial charge >= 0.3 is 5.97 Å². The first-order valence-corrected chi connectivity index (χ1v) is 11.2. The van der Waals surface area contributed by atoms with Gasteiger partial charge in [-0.2, -0.15) is 0 Å². The second kappa shape index (κ2) is 8.84. The van der Waals surface area contributed by atoms with Crippen molar-refractivity contribution >= 4 is 57.5 Å². The molecule has 1 aliphatic rings. The molecule has 1 fully saturated rings. The van der Waals surface area contributed by atoms with Gasteiger partial charge in [-0.1, -0.05) is 41.9 Å². The number of hydrogen-bond donors (Lipinski definition) is 0. The number of esters is 1. The van der Waals surface area contributed by atoms with Crippen LogP contribution in [-0.2, 0) is 20.9 Å². The minimum Gasteiger partial charge on any atom is -0.467 e. The van der Waals surface area contributed by atoms with Crippen LogP contribution < -0.4 is 0 Å². The molecule has 164 valence electrons. The Morgan fingerprint density at radius 3 is 2.53 bits per heavy atom. The molecule has 1 aromatic heterocycles. The van der Waals surface area contributed by atoms with Crippen LogP contribution in [0.1, 0.15) is 23.7 Å². The number of aromatic nitrogens is 1. The number of carbonyl (C=O) groups excluding carboxylic acids is 3. The molecule has 4 rings (SSSR count). The molecule has 0 unspecified atom stereocenters. The summed E-state index contributed by atoms with van der Waals surface area (Å²) in [4.78, 5) is 38.5. The second-order valence-electron chi connectivity index (χ2n) is 7.48. The molecule has 1 atom stereocenters. The summed E-state index contributed by atoms with van der Waals surface area (Å²) in [5, 5.41) is 1.17. The van der Waals surface area contributed by atoms with Gasteiger partial charge in [-0.25, -0.2) is 4.79 Å². The van der Waals surface area contributed by atoms with E-state index >= 15 is 0 Å². The van der Waals surface area contributed by atoms with Gasteiger partial charge in [-0.3, -0.25) is 14.5 Å². The number of hydrogen-bond acceptors (Lipinski definition) is 5. The van der Waals surface area contributed by atoms with Crippen LogP contribution in [0.5, 0.6) is 0 Å². The normalized spacial score (nSPS) is 16.2. The van der Waals surface area contributed by atoms with E-state index in [0.29, 0.717) is 11.6 Å². The number of carbonyl (C=O) groups is 3. The highest BCUT2D eigenvalue weighted by molar-refractivity contribution is 8.18. The van der Waals surface area contributed by atoms with Crippen LogP contribution in [0, 0.1) is 6.92 Å². The van der Waals surface area contributed by atoms with E-state index in [9.17, 15) is 14.4 Å². The maximum atomic E-state index is 12.9. The topological polar surface area (TPSA) is 68.6 Å². The Morgan fingerprint density at radius 1 is 1.16 bits per heavy atom. The molecule has 3 aromatic rings. The van der Waals surface area contributed by atoms with Gasteiger partial charge in [0, 0.05) is 33.7 Å². The van der Waals surface area contributed by atoms with E-state index in [4.69, 9.17) is 16.3 Å². The summed E-state index contributed by atoms with van der Waals surface area (Å²) in [5.74, 6) is -1.13. The molecule has 32 heavy (non-hydrogen) atoms. The average Bonchev–Trinajstić information content (AvgIpc) is 3.22. The fourth-order valence-electron chi connectivity index (χ4n) is 3.84. The lowest BCUT2D eigenvalue weighted by molar-refractivity contribution is -0.148. The third kappa shape index (κ3) is 3.94. The van der Waals surface area contributed by atoms with E-state index in [0.717, 1.165) is 44.4 Å². The predicted molar refractivity (Wildman–Crippen MR) is 127 cm³/mol. The third-order valence-corrected chi connectivity index (χ3v) is 6.70. The number of ether oxygens (including phenoxy) is 1. The summed E-state index contributed by atoms with van der Waals surface area (Å²) in [6.45, 7) is 4.11. The minimum atomic E-state index is -0.981. The Labute approximate surface area is 194 Å². The highest BCUT2D eigenvalue weighted by Crippen LogP contribution is 2.36. The molecular weight excluding hydrogens is 448 g/mol. The SMILES string of the molecule is COC(=O)[C@@H](C)N1C(=O)S/C(=C/c2c(C)n(Cc3ccc(Cl)cc3)c3ccccc23)C1=O. The summed E-state index contributed by atoms with van der Waals surface area (Å²) in [6.07, 6.45) is 1.74. The van der Waals surface area contributed by atoms with Gasteiger partial charge in [-0.15, -0.1) is 0 Å². The Bertz CT molecular complexity index is 1260. The minimum absolute atomic E-state index is 0.281. The van der Waals surface area contributed by atoms with Gasteiger partial charge in [-0.05, 0) is 55.4 Å². The van der Waals surface area contributed by atoms with Crippen molar-refractivity contribution in [1.29, 1.82) is 0 Å². The lowest BCUT2D eigenvalue weighted by Gasteiger charge is -2.18. The van der Waals surface area contributed by atoms with Crippen LogP contribution in [-0.4, -0.2) is 39.7 Å². The first-order chi connectivity index (χ1) is 15.3. The zero-order valence-electron chi connectivity index (χ0n) is 17.8. The smallest absolute Gasteiger partial charge is 0.328 e. The summed E-state index contributed by atoms with van der Waals surface area (Å²) in [6, 6.07) is 14.6. The number of benzene rings is 2. The monoisotopic (exact) mass is 468 g/mol. The van der Waals surface area contributed by atoms with Gasteiger partial charge < -0.3 is 9.30 Å². The Kier molecular flexibility index (Phi) is 6.13. The first kappa shape index (κ1) is 22.2. The molecule has 0 bridgehead atoms. The van der Waals surface area contributed by atoms with Gasteiger partial charge in [0.25, 0.3) is 11.1 Å². The summed E-state index contributed by atoms with van der Waals surface area (Å²) in [5.41, 5.74) is 3.95. The maximum Gasteiger partial charge on any atom is 0.328 e. The zero-order valence-corrected chi connectivity index (χ0v) is 19.4. The maximum absolute atomic E-state index is 12.9. The van der Waals surface area contributed by atoms with Crippen molar-refractivity contribution < 1.29 is 19.1 Å². The van der Waals surface area contributed by atoms with Crippen molar-refractivity contribution in [2.24, 2.45) is 0 Å². The van der Waals surface area contributed by atoms with E-state index < -0.39 is 23.2 Å². The highest BCUT2D eigenvalue weighted by Gasteiger charge is 2.41. The molecule has 0 aliphatic carbocycles. The molecule has 0 saturated carbocycles. The number of nitrogens with zero attached hydrogens (tertiary/aromatic N) is 2. The third-order valence-electron chi connectivity index (χ3n) is 5.56. The van der Waals surface area contributed by atoms with E-state index in [1.807, 2.05) is 55.5 Å². The van der Waals surface area contributed by atoms with Crippen molar-refractivity contribution in [3.8, 4) is 0 Å².